The summed E-state index contributed by atoms with van der Waals surface area (Å²) in [5, 5.41) is 3.37. The number of rotatable bonds is 5. The maximum atomic E-state index is 13.6. The molecule has 2 aliphatic rings. The van der Waals surface area contributed by atoms with Gasteiger partial charge in [0, 0.05) is 49.1 Å². The number of hydrogen-bond acceptors (Lipinski definition) is 6. The quantitative estimate of drug-likeness (QED) is 0.691. The lowest BCUT2D eigenvalue weighted by Crippen LogP contribution is -2.36. The monoisotopic (exact) mass is 446 g/mol. The number of nitrogens with zero attached hydrogens (tertiary/aromatic N) is 1. The fraction of sp³-hybridized carbons (Fsp3) is 0.333. The molecule has 0 saturated carbocycles. The summed E-state index contributed by atoms with van der Waals surface area (Å²) < 4.78 is 10.4. The van der Waals surface area contributed by atoms with Gasteiger partial charge in [-0.1, -0.05) is 24.3 Å². The molecule has 2 aromatic carbocycles. The van der Waals surface area contributed by atoms with E-state index in [9.17, 15) is 9.59 Å². The number of anilines is 1. The van der Waals surface area contributed by atoms with Crippen molar-refractivity contribution in [1.29, 1.82) is 0 Å². The molecule has 33 heavy (non-hydrogen) atoms. The fourth-order valence-electron chi connectivity index (χ4n) is 4.83. The number of carbonyl (C=O) groups is 2. The first-order valence-corrected chi connectivity index (χ1v) is 11.1. The third kappa shape index (κ3) is 4.25. The molecule has 0 bridgehead atoms. The van der Waals surface area contributed by atoms with Crippen molar-refractivity contribution < 1.29 is 19.1 Å². The molecule has 1 heterocycles. The van der Waals surface area contributed by atoms with Gasteiger partial charge in [-0.15, -0.1) is 0 Å². The highest BCUT2D eigenvalue weighted by Gasteiger charge is 2.41. The Morgan fingerprint density at radius 2 is 1.61 bits per heavy atom. The molecule has 0 fully saturated rings. The SMILES string of the molecule is COC(=O)C1=C(C)NC2=C(C(=O)C[C@H](c3ccc(OC)cc3)C2)[C@@H]1c1ccc(N(C)C)cc1. The van der Waals surface area contributed by atoms with Gasteiger partial charge in [0.1, 0.15) is 5.75 Å². The Hall–Kier alpha value is -3.54. The molecule has 0 aromatic heterocycles. The number of methoxy groups -OCH3 is 2. The average Bonchev–Trinajstić information content (AvgIpc) is 2.82. The third-order valence-electron chi connectivity index (χ3n) is 6.56. The van der Waals surface area contributed by atoms with Crippen LogP contribution in [0.1, 0.15) is 42.7 Å². The van der Waals surface area contributed by atoms with Crippen LogP contribution in [0.2, 0.25) is 0 Å². The zero-order chi connectivity index (χ0) is 23.7. The smallest absolute Gasteiger partial charge is 0.336 e. The van der Waals surface area contributed by atoms with Crippen molar-refractivity contribution in [3.8, 4) is 5.75 Å². The maximum absolute atomic E-state index is 13.6. The zero-order valence-electron chi connectivity index (χ0n) is 19.8. The van der Waals surface area contributed by atoms with Gasteiger partial charge >= 0.3 is 5.97 Å². The minimum absolute atomic E-state index is 0.0557. The molecule has 0 spiro atoms. The van der Waals surface area contributed by atoms with Gasteiger partial charge in [-0.3, -0.25) is 4.79 Å². The number of ether oxygens (including phenoxy) is 2. The molecule has 2 aromatic rings. The number of hydrogen-bond donors (Lipinski definition) is 1. The van der Waals surface area contributed by atoms with Gasteiger partial charge in [0.2, 0.25) is 0 Å². The van der Waals surface area contributed by atoms with Crippen LogP contribution in [0.3, 0.4) is 0 Å². The molecule has 0 radical (unpaired) electrons. The van der Waals surface area contributed by atoms with E-state index in [1.54, 1.807) is 7.11 Å². The summed E-state index contributed by atoms with van der Waals surface area (Å²) in [4.78, 5) is 28.4. The number of carbonyl (C=O) groups excluding carboxylic acids is 2. The lowest BCUT2D eigenvalue weighted by Gasteiger charge is -2.36. The van der Waals surface area contributed by atoms with E-state index < -0.39 is 11.9 Å². The van der Waals surface area contributed by atoms with Gasteiger partial charge in [0.05, 0.1) is 19.8 Å². The number of Topliss-reactive ketones (excluding diaryl/α,β-unsaturated/α-hetero) is 1. The molecule has 6 heteroatoms. The Balaban J connectivity index is 1.76. The largest absolute Gasteiger partial charge is 0.497 e. The second-order valence-electron chi connectivity index (χ2n) is 8.77. The third-order valence-corrected chi connectivity index (χ3v) is 6.56. The molecular formula is C27H30N2O4. The molecular weight excluding hydrogens is 416 g/mol. The molecule has 0 saturated heterocycles. The van der Waals surface area contributed by atoms with E-state index >= 15 is 0 Å². The van der Waals surface area contributed by atoms with Gasteiger partial charge in [-0.05, 0) is 54.7 Å². The van der Waals surface area contributed by atoms with Crippen LogP contribution in [0.5, 0.6) is 5.75 Å². The highest BCUT2D eigenvalue weighted by Crippen LogP contribution is 2.46. The van der Waals surface area contributed by atoms with E-state index in [2.05, 4.69) is 5.32 Å². The standard InChI is InChI=1S/C27H30N2O4/c1-16-24(27(31)33-5)25(18-6-10-20(11-7-18)29(2)3)26-22(28-16)14-19(15-23(26)30)17-8-12-21(32-4)13-9-17/h6-13,19,25,28H,14-15H2,1-5H3/t19-,25-/m1/s1. The lowest BCUT2D eigenvalue weighted by molar-refractivity contribution is -0.136. The first-order chi connectivity index (χ1) is 15.8. The molecule has 172 valence electrons. The Bertz CT molecular complexity index is 1130. The van der Waals surface area contributed by atoms with Crippen molar-refractivity contribution in [2.45, 2.75) is 31.6 Å². The first kappa shape index (κ1) is 22.6. The van der Waals surface area contributed by atoms with Gasteiger partial charge in [0.15, 0.2) is 5.78 Å². The minimum atomic E-state index is -0.450. The summed E-state index contributed by atoms with van der Waals surface area (Å²) in [6, 6.07) is 15.9. The second-order valence-corrected chi connectivity index (χ2v) is 8.77. The van der Waals surface area contributed by atoms with Crippen LogP contribution in [0, 0.1) is 0 Å². The van der Waals surface area contributed by atoms with Gasteiger partial charge in [-0.2, -0.15) is 0 Å². The minimum Gasteiger partial charge on any atom is -0.497 e. The number of ketones is 1. The van der Waals surface area contributed by atoms with Crippen molar-refractivity contribution in [2.75, 3.05) is 33.2 Å². The van der Waals surface area contributed by atoms with Crippen LogP contribution in [-0.2, 0) is 14.3 Å². The van der Waals surface area contributed by atoms with Gasteiger partial charge in [0.25, 0.3) is 0 Å². The van der Waals surface area contributed by atoms with Crippen LogP contribution in [0.4, 0.5) is 5.69 Å². The van der Waals surface area contributed by atoms with Crippen LogP contribution in [-0.4, -0.2) is 40.1 Å². The molecule has 0 unspecified atom stereocenters. The molecule has 1 aliphatic carbocycles. The Morgan fingerprint density at radius 1 is 0.970 bits per heavy atom. The first-order valence-electron chi connectivity index (χ1n) is 11.1. The van der Waals surface area contributed by atoms with Crippen molar-refractivity contribution >= 4 is 17.4 Å². The topological polar surface area (TPSA) is 67.9 Å². The molecule has 1 aliphatic heterocycles. The van der Waals surface area contributed by atoms with E-state index in [1.165, 1.54) is 7.11 Å². The van der Waals surface area contributed by atoms with Crippen LogP contribution in [0.25, 0.3) is 0 Å². The van der Waals surface area contributed by atoms with Crippen LogP contribution < -0.4 is 15.0 Å². The van der Waals surface area contributed by atoms with Crippen molar-refractivity contribution in [1.82, 2.24) is 5.32 Å². The second kappa shape index (κ2) is 9.14. The number of allylic oxidation sites excluding steroid dienone is 3. The molecule has 1 N–H and O–H groups in total. The number of benzene rings is 2. The zero-order valence-corrected chi connectivity index (χ0v) is 19.8. The summed E-state index contributed by atoms with van der Waals surface area (Å²) in [6.45, 7) is 1.87. The highest BCUT2D eigenvalue weighted by atomic mass is 16.5. The van der Waals surface area contributed by atoms with E-state index in [0.717, 1.165) is 34.0 Å². The normalized spacial score (nSPS) is 20.2. The summed E-state index contributed by atoms with van der Waals surface area (Å²) >= 11 is 0. The van der Waals surface area contributed by atoms with Crippen LogP contribution >= 0.6 is 0 Å². The number of dihydropyridines is 1. The predicted octanol–water partition coefficient (Wildman–Crippen LogP) is 4.30. The van der Waals surface area contributed by atoms with Gasteiger partial charge < -0.3 is 19.7 Å². The van der Waals surface area contributed by atoms with Crippen molar-refractivity contribution in [2.24, 2.45) is 0 Å². The molecule has 6 nitrogen and oxygen atoms in total. The van der Waals surface area contributed by atoms with Crippen molar-refractivity contribution in [3.63, 3.8) is 0 Å². The number of nitrogens with one attached hydrogen (secondary N) is 1. The summed E-state index contributed by atoms with van der Waals surface area (Å²) in [5.74, 6) is 0.0471. The van der Waals surface area contributed by atoms with Crippen LogP contribution in [0.15, 0.2) is 71.1 Å². The molecule has 0 amide bonds. The average molecular weight is 447 g/mol. The Kier molecular flexibility index (Phi) is 6.27. The molecule has 4 rings (SSSR count). The lowest BCUT2D eigenvalue weighted by atomic mass is 9.71. The van der Waals surface area contributed by atoms with E-state index in [0.29, 0.717) is 24.0 Å². The van der Waals surface area contributed by atoms with Crippen molar-refractivity contribution in [3.05, 3.63) is 82.2 Å². The summed E-state index contributed by atoms with van der Waals surface area (Å²) in [7, 11) is 6.98. The number of esters is 1. The maximum Gasteiger partial charge on any atom is 0.336 e. The predicted molar refractivity (Wildman–Crippen MR) is 128 cm³/mol. The van der Waals surface area contributed by atoms with E-state index in [4.69, 9.17) is 9.47 Å². The Labute approximate surface area is 194 Å². The van der Waals surface area contributed by atoms with E-state index in [-0.39, 0.29) is 11.7 Å². The Morgan fingerprint density at radius 3 is 2.18 bits per heavy atom. The molecule has 2 atom stereocenters. The summed E-state index contributed by atoms with van der Waals surface area (Å²) in [5.41, 5.74) is 5.84. The highest BCUT2D eigenvalue weighted by molar-refractivity contribution is 6.04. The fourth-order valence-corrected chi connectivity index (χ4v) is 4.83. The van der Waals surface area contributed by atoms with E-state index in [1.807, 2.05) is 74.4 Å². The summed E-state index contributed by atoms with van der Waals surface area (Å²) in [6.07, 6.45) is 1.10. The van der Waals surface area contributed by atoms with Gasteiger partial charge in [-0.25, -0.2) is 4.79 Å².